The maximum absolute atomic E-state index is 11.3. The van der Waals surface area contributed by atoms with Gasteiger partial charge in [0.25, 0.3) is 0 Å². The highest BCUT2D eigenvalue weighted by Crippen LogP contribution is 2.12. The Labute approximate surface area is 229 Å². The lowest BCUT2D eigenvalue weighted by Gasteiger charge is -2.07. The van der Waals surface area contributed by atoms with Crippen molar-refractivity contribution >= 4 is 17.9 Å². The van der Waals surface area contributed by atoms with Gasteiger partial charge in [-0.15, -0.1) is 0 Å². The zero-order valence-corrected chi connectivity index (χ0v) is 25.1. The topological polar surface area (TPSA) is 78.9 Å². The van der Waals surface area contributed by atoms with Gasteiger partial charge >= 0.3 is 17.9 Å². The van der Waals surface area contributed by atoms with E-state index < -0.39 is 0 Å². The van der Waals surface area contributed by atoms with Crippen molar-refractivity contribution in [2.75, 3.05) is 13.2 Å². The van der Waals surface area contributed by atoms with Gasteiger partial charge in [0.05, 0.1) is 19.3 Å². The molecule has 0 bridgehead atoms. The minimum Gasteiger partial charge on any atom is -0.466 e. The molecule has 0 aliphatic rings. The first-order valence-corrected chi connectivity index (χ1v) is 15.4. The molecule has 0 unspecified atom stereocenters. The van der Waals surface area contributed by atoms with Crippen LogP contribution < -0.4 is 0 Å². The Morgan fingerprint density at radius 3 is 1.05 bits per heavy atom. The van der Waals surface area contributed by atoms with E-state index in [0.717, 1.165) is 44.9 Å². The molecule has 0 aliphatic heterocycles. The number of hydrogen-bond acceptors (Lipinski definition) is 6. The Morgan fingerprint density at radius 1 is 0.459 bits per heavy atom. The molecule has 0 saturated heterocycles. The van der Waals surface area contributed by atoms with Gasteiger partial charge in [-0.3, -0.25) is 14.4 Å². The van der Waals surface area contributed by atoms with Crippen molar-refractivity contribution in [2.24, 2.45) is 0 Å². The highest BCUT2D eigenvalue weighted by Gasteiger charge is 2.04. The second-order valence-corrected chi connectivity index (χ2v) is 10.1. The third-order valence-electron chi connectivity index (χ3n) is 5.97. The van der Waals surface area contributed by atoms with Gasteiger partial charge in [-0.1, -0.05) is 96.8 Å². The molecular weight excluding hydrogens is 468 g/mol. The van der Waals surface area contributed by atoms with Gasteiger partial charge in [-0.25, -0.2) is 0 Å². The van der Waals surface area contributed by atoms with Crippen LogP contribution in [0.15, 0.2) is 0 Å². The lowest BCUT2D eigenvalue weighted by Crippen LogP contribution is -2.10. The Balaban J connectivity index is 0. The number of unbranched alkanes of at least 4 members (excludes halogenated alkanes) is 15. The van der Waals surface area contributed by atoms with E-state index in [1.165, 1.54) is 64.2 Å². The van der Waals surface area contributed by atoms with Crippen molar-refractivity contribution in [3.8, 4) is 0 Å². The molecule has 0 rings (SSSR count). The lowest BCUT2D eigenvalue weighted by atomic mass is 10.1. The number of esters is 3. The van der Waals surface area contributed by atoms with Crippen LogP contribution >= 0.6 is 0 Å². The normalized spacial score (nSPS) is 10.5. The Hall–Kier alpha value is -1.59. The molecule has 6 heteroatoms. The Kier molecular flexibility index (Phi) is 31.1. The van der Waals surface area contributed by atoms with Gasteiger partial charge in [0.2, 0.25) is 0 Å². The fourth-order valence-corrected chi connectivity index (χ4v) is 3.97. The van der Waals surface area contributed by atoms with E-state index >= 15 is 0 Å². The third kappa shape index (κ3) is 34.4. The summed E-state index contributed by atoms with van der Waals surface area (Å²) in [5.41, 5.74) is 0. The molecule has 37 heavy (non-hydrogen) atoms. The van der Waals surface area contributed by atoms with Crippen molar-refractivity contribution in [1.29, 1.82) is 0 Å². The zero-order valence-electron chi connectivity index (χ0n) is 25.1. The maximum Gasteiger partial charge on any atom is 0.306 e. The molecule has 0 aromatic rings. The van der Waals surface area contributed by atoms with E-state index in [9.17, 15) is 14.4 Å². The smallest absolute Gasteiger partial charge is 0.306 e. The van der Waals surface area contributed by atoms with Gasteiger partial charge < -0.3 is 14.2 Å². The number of rotatable bonds is 24. The summed E-state index contributed by atoms with van der Waals surface area (Å²) in [6.45, 7) is 10.6. The summed E-state index contributed by atoms with van der Waals surface area (Å²) in [7, 11) is 0. The SMILES string of the molecule is CCCCCCCCCCCCCC(=O)OC(C)C.CCOC(=O)CCCCCCCCC(=O)OCC. The molecule has 0 spiro atoms. The Bertz CT molecular complexity index is 494. The Morgan fingerprint density at radius 2 is 0.757 bits per heavy atom. The highest BCUT2D eigenvalue weighted by molar-refractivity contribution is 5.69. The van der Waals surface area contributed by atoms with E-state index in [2.05, 4.69) is 6.92 Å². The van der Waals surface area contributed by atoms with Gasteiger partial charge in [-0.2, -0.15) is 0 Å². The van der Waals surface area contributed by atoms with Gasteiger partial charge in [0, 0.05) is 19.3 Å². The first-order chi connectivity index (χ1) is 17.9. The summed E-state index contributed by atoms with van der Waals surface area (Å²) in [5.74, 6) is -0.231. The average molecular weight is 529 g/mol. The summed E-state index contributed by atoms with van der Waals surface area (Å²) in [6.07, 6.45) is 22.3. The monoisotopic (exact) mass is 528 g/mol. The van der Waals surface area contributed by atoms with Crippen molar-refractivity contribution in [2.45, 2.75) is 169 Å². The standard InChI is InChI=1S/C17H34O2.C14H26O4/c1-4-5-6-7-8-9-10-11-12-13-14-15-17(18)19-16(2)3;1-3-17-13(15)11-9-7-5-6-8-10-12-14(16)18-4-2/h16H,4-15H2,1-3H3;3-12H2,1-2H3. The van der Waals surface area contributed by atoms with E-state index in [-0.39, 0.29) is 24.0 Å². The second-order valence-electron chi connectivity index (χ2n) is 10.1. The molecule has 0 amide bonds. The van der Waals surface area contributed by atoms with Crippen LogP contribution in [0.3, 0.4) is 0 Å². The van der Waals surface area contributed by atoms with Crippen molar-refractivity contribution in [1.82, 2.24) is 0 Å². The summed E-state index contributed by atoms with van der Waals surface area (Å²) in [5, 5.41) is 0. The maximum atomic E-state index is 11.3. The molecule has 6 nitrogen and oxygen atoms in total. The third-order valence-corrected chi connectivity index (χ3v) is 5.97. The minimum absolute atomic E-state index is 0.0280. The molecule has 0 aromatic heterocycles. The van der Waals surface area contributed by atoms with Crippen molar-refractivity contribution < 1.29 is 28.6 Å². The quantitative estimate of drug-likeness (QED) is 0.0707. The van der Waals surface area contributed by atoms with Crippen LogP contribution in [-0.2, 0) is 28.6 Å². The predicted octanol–water partition coefficient (Wildman–Crippen LogP) is 8.87. The number of carbonyl (C=O) groups is 3. The molecule has 220 valence electrons. The molecule has 0 atom stereocenters. The lowest BCUT2D eigenvalue weighted by molar-refractivity contribution is -0.147. The van der Waals surface area contributed by atoms with Crippen LogP contribution in [0.25, 0.3) is 0 Å². The first kappa shape index (κ1) is 37.6. The molecule has 0 heterocycles. The van der Waals surface area contributed by atoms with Crippen LogP contribution in [0.1, 0.15) is 163 Å². The van der Waals surface area contributed by atoms with Crippen molar-refractivity contribution in [3.05, 3.63) is 0 Å². The van der Waals surface area contributed by atoms with Crippen LogP contribution in [-0.4, -0.2) is 37.2 Å². The summed E-state index contributed by atoms with van der Waals surface area (Å²) < 4.78 is 14.8. The predicted molar refractivity (Wildman–Crippen MR) is 153 cm³/mol. The van der Waals surface area contributed by atoms with Gasteiger partial charge in [-0.05, 0) is 47.0 Å². The van der Waals surface area contributed by atoms with E-state index in [0.29, 0.717) is 32.5 Å². The number of hydrogen-bond donors (Lipinski definition) is 0. The fourth-order valence-electron chi connectivity index (χ4n) is 3.97. The number of carbonyl (C=O) groups excluding carboxylic acids is 3. The zero-order chi connectivity index (χ0) is 28.0. The van der Waals surface area contributed by atoms with Gasteiger partial charge in [0.15, 0.2) is 0 Å². The van der Waals surface area contributed by atoms with E-state index in [1.807, 2.05) is 27.7 Å². The summed E-state index contributed by atoms with van der Waals surface area (Å²) >= 11 is 0. The number of ether oxygens (including phenoxy) is 3. The minimum atomic E-state index is -0.0974. The summed E-state index contributed by atoms with van der Waals surface area (Å²) in [6, 6.07) is 0. The molecule has 0 fully saturated rings. The second kappa shape index (κ2) is 30.6. The summed E-state index contributed by atoms with van der Waals surface area (Å²) in [4.78, 5) is 33.4. The van der Waals surface area contributed by atoms with Crippen LogP contribution in [0.4, 0.5) is 0 Å². The largest absolute Gasteiger partial charge is 0.466 e. The van der Waals surface area contributed by atoms with Crippen molar-refractivity contribution in [3.63, 3.8) is 0 Å². The van der Waals surface area contributed by atoms with Gasteiger partial charge in [0.1, 0.15) is 0 Å². The van der Waals surface area contributed by atoms with Crippen LogP contribution in [0.2, 0.25) is 0 Å². The van der Waals surface area contributed by atoms with Crippen LogP contribution in [0, 0.1) is 0 Å². The highest BCUT2D eigenvalue weighted by atomic mass is 16.5. The molecule has 0 radical (unpaired) electrons. The molecule has 0 N–H and O–H groups in total. The molecule has 0 saturated carbocycles. The average Bonchev–Trinajstić information content (AvgIpc) is 2.84. The van der Waals surface area contributed by atoms with Crippen LogP contribution in [0.5, 0.6) is 0 Å². The van der Waals surface area contributed by atoms with E-state index in [4.69, 9.17) is 14.2 Å². The molecule has 0 aromatic carbocycles. The molecule has 0 aliphatic carbocycles. The fraction of sp³-hybridized carbons (Fsp3) is 0.903. The molecular formula is C31H60O6. The van der Waals surface area contributed by atoms with E-state index in [1.54, 1.807) is 0 Å². The first-order valence-electron chi connectivity index (χ1n) is 15.4.